The maximum Gasteiger partial charge on any atom is 0.324 e. The number of hydrogen-bond donors (Lipinski definition) is 0. The van der Waals surface area contributed by atoms with E-state index in [0.717, 1.165) is 5.57 Å². The molecule has 0 heterocycles. The van der Waals surface area contributed by atoms with Crippen LogP contribution in [-0.2, 0) is 23.9 Å². The molecule has 2 aliphatic carbocycles. The highest BCUT2D eigenvalue weighted by atomic mass is 16.5. The van der Waals surface area contributed by atoms with Crippen LogP contribution in [0.15, 0.2) is 11.1 Å². The van der Waals surface area contributed by atoms with Gasteiger partial charge in [0.25, 0.3) is 0 Å². The van der Waals surface area contributed by atoms with E-state index in [0.29, 0.717) is 18.4 Å². The van der Waals surface area contributed by atoms with Gasteiger partial charge in [-0.05, 0) is 31.3 Å². The molecule has 0 unspecified atom stereocenters. The Balaban J connectivity index is 2.58. The minimum Gasteiger partial charge on any atom is -0.468 e. The summed E-state index contributed by atoms with van der Waals surface area (Å²) in [6, 6.07) is 0. The molecule has 110 valence electrons. The Kier molecular flexibility index (Phi) is 3.71. The van der Waals surface area contributed by atoms with Crippen molar-refractivity contribution < 1.29 is 23.9 Å². The Bertz CT molecular complexity index is 486. The monoisotopic (exact) mass is 280 g/mol. The molecule has 20 heavy (non-hydrogen) atoms. The van der Waals surface area contributed by atoms with Crippen molar-refractivity contribution in [3.63, 3.8) is 0 Å². The van der Waals surface area contributed by atoms with E-state index >= 15 is 0 Å². The number of carbonyl (C=O) groups excluding carboxylic acids is 3. The maximum absolute atomic E-state index is 12.3. The number of Topliss-reactive ketones (excluding diaryl/α,β-unsaturated/α-hetero) is 1. The quantitative estimate of drug-likeness (QED) is 0.568. The fourth-order valence-corrected chi connectivity index (χ4v) is 3.82. The van der Waals surface area contributed by atoms with Crippen molar-refractivity contribution in [1.82, 2.24) is 0 Å². The zero-order chi connectivity index (χ0) is 15.1. The Labute approximate surface area is 118 Å². The van der Waals surface area contributed by atoms with Crippen LogP contribution in [-0.4, -0.2) is 31.9 Å². The molecule has 1 fully saturated rings. The summed E-state index contributed by atoms with van der Waals surface area (Å²) >= 11 is 0. The first-order chi connectivity index (χ1) is 9.40. The third-order valence-electron chi connectivity index (χ3n) is 4.64. The molecule has 0 aromatic carbocycles. The summed E-state index contributed by atoms with van der Waals surface area (Å²) < 4.78 is 9.73. The van der Waals surface area contributed by atoms with E-state index in [9.17, 15) is 14.4 Å². The largest absolute Gasteiger partial charge is 0.468 e. The number of carbonyl (C=O) groups is 3. The molecule has 2 atom stereocenters. The van der Waals surface area contributed by atoms with Crippen molar-refractivity contribution in [2.24, 2.45) is 17.3 Å². The molecule has 5 nitrogen and oxygen atoms in total. The van der Waals surface area contributed by atoms with Gasteiger partial charge in [-0.15, -0.1) is 0 Å². The van der Waals surface area contributed by atoms with Gasteiger partial charge in [0.2, 0.25) is 0 Å². The lowest BCUT2D eigenvalue weighted by Gasteiger charge is -2.37. The van der Waals surface area contributed by atoms with E-state index in [1.165, 1.54) is 14.2 Å². The van der Waals surface area contributed by atoms with Gasteiger partial charge in [0.1, 0.15) is 0 Å². The maximum atomic E-state index is 12.3. The van der Waals surface area contributed by atoms with Gasteiger partial charge in [0.05, 0.1) is 14.2 Å². The highest BCUT2D eigenvalue weighted by molar-refractivity contribution is 6.07. The van der Waals surface area contributed by atoms with E-state index in [-0.39, 0.29) is 18.1 Å². The Morgan fingerprint density at radius 3 is 2.25 bits per heavy atom. The second-order valence-electron chi connectivity index (χ2n) is 5.74. The Morgan fingerprint density at radius 1 is 1.20 bits per heavy atom. The zero-order valence-electron chi connectivity index (χ0n) is 12.3. The Morgan fingerprint density at radius 2 is 1.75 bits per heavy atom. The second kappa shape index (κ2) is 5.04. The molecule has 0 aliphatic heterocycles. The summed E-state index contributed by atoms with van der Waals surface area (Å²) in [5.74, 6) is -1.53. The van der Waals surface area contributed by atoms with Crippen LogP contribution in [0.25, 0.3) is 0 Å². The molecule has 0 spiro atoms. The molecule has 0 radical (unpaired) electrons. The fraction of sp³-hybridized carbons (Fsp3) is 0.667. The van der Waals surface area contributed by atoms with Gasteiger partial charge < -0.3 is 9.47 Å². The van der Waals surface area contributed by atoms with Gasteiger partial charge in [-0.3, -0.25) is 14.4 Å². The number of methoxy groups -OCH3 is 2. The van der Waals surface area contributed by atoms with Crippen LogP contribution in [0.5, 0.6) is 0 Å². The normalized spacial score (nSPS) is 28.1. The molecule has 2 aliphatic rings. The molecule has 0 saturated heterocycles. The summed E-state index contributed by atoms with van der Waals surface area (Å²) in [5.41, 5.74) is 0.0557. The molecule has 0 aromatic rings. The van der Waals surface area contributed by atoms with Crippen LogP contribution in [0, 0.1) is 17.3 Å². The lowest BCUT2D eigenvalue weighted by atomic mass is 9.64. The molecule has 2 rings (SSSR count). The number of fused-ring (bicyclic) bond motifs is 1. The summed E-state index contributed by atoms with van der Waals surface area (Å²) in [5, 5.41) is 0. The standard InChI is InChI=1S/C15H20O5/c1-8-5-6-10(16)11-9(2)7-15(12(8)11,13(17)19-3)14(18)20-4/h8,12H,5-7H2,1-4H3/t8-,12+/m0/s1. The van der Waals surface area contributed by atoms with E-state index < -0.39 is 23.3 Å². The minimum atomic E-state index is -1.39. The lowest BCUT2D eigenvalue weighted by Crippen LogP contribution is -2.49. The fourth-order valence-electron chi connectivity index (χ4n) is 3.82. The van der Waals surface area contributed by atoms with Crippen molar-refractivity contribution >= 4 is 17.7 Å². The van der Waals surface area contributed by atoms with Gasteiger partial charge in [-0.2, -0.15) is 0 Å². The second-order valence-corrected chi connectivity index (χ2v) is 5.74. The smallest absolute Gasteiger partial charge is 0.324 e. The predicted molar refractivity (Wildman–Crippen MR) is 70.7 cm³/mol. The van der Waals surface area contributed by atoms with Gasteiger partial charge >= 0.3 is 11.9 Å². The van der Waals surface area contributed by atoms with Crippen molar-refractivity contribution in [2.45, 2.75) is 33.1 Å². The van der Waals surface area contributed by atoms with Crippen LogP contribution >= 0.6 is 0 Å². The van der Waals surface area contributed by atoms with E-state index in [4.69, 9.17) is 9.47 Å². The molecule has 5 heteroatoms. The first-order valence-electron chi connectivity index (χ1n) is 6.79. The van der Waals surface area contributed by atoms with Crippen molar-refractivity contribution in [3.8, 4) is 0 Å². The third kappa shape index (κ3) is 1.79. The van der Waals surface area contributed by atoms with Gasteiger partial charge in [-0.25, -0.2) is 0 Å². The average molecular weight is 280 g/mol. The molecule has 0 aromatic heterocycles. The number of ketones is 1. The van der Waals surface area contributed by atoms with Crippen molar-refractivity contribution in [3.05, 3.63) is 11.1 Å². The molecule has 0 amide bonds. The highest BCUT2D eigenvalue weighted by Crippen LogP contribution is 2.55. The SMILES string of the molecule is COC(=O)C1(C(=O)OC)CC(C)=C2C(=O)CC[C@H](C)[C@H]21. The van der Waals surface area contributed by atoms with Crippen molar-refractivity contribution in [2.75, 3.05) is 14.2 Å². The molecular formula is C15H20O5. The van der Waals surface area contributed by atoms with Gasteiger partial charge in [0, 0.05) is 12.3 Å². The number of rotatable bonds is 2. The van der Waals surface area contributed by atoms with Crippen LogP contribution < -0.4 is 0 Å². The number of esters is 2. The average Bonchev–Trinajstić information content (AvgIpc) is 2.77. The number of hydrogen-bond acceptors (Lipinski definition) is 5. The van der Waals surface area contributed by atoms with E-state index in [1.54, 1.807) is 0 Å². The Hall–Kier alpha value is -1.65. The third-order valence-corrected chi connectivity index (χ3v) is 4.64. The molecule has 1 saturated carbocycles. The molecule has 0 bridgehead atoms. The molecular weight excluding hydrogens is 260 g/mol. The zero-order valence-corrected chi connectivity index (χ0v) is 12.3. The number of allylic oxidation sites excluding steroid dienone is 2. The summed E-state index contributed by atoms with van der Waals surface area (Å²) in [6.07, 6.45) is 1.36. The van der Waals surface area contributed by atoms with Crippen LogP contribution in [0.4, 0.5) is 0 Å². The topological polar surface area (TPSA) is 69.7 Å². The summed E-state index contributed by atoms with van der Waals surface area (Å²) in [7, 11) is 2.52. The summed E-state index contributed by atoms with van der Waals surface area (Å²) in [4.78, 5) is 36.8. The van der Waals surface area contributed by atoms with Crippen LogP contribution in [0.2, 0.25) is 0 Å². The van der Waals surface area contributed by atoms with Crippen molar-refractivity contribution in [1.29, 1.82) is 0 Å². The first kappa shape index (κ1) is 14.8. The lowest BCUT2D eigenvalue weighted by molar-refractivity contribution is -0.173. The molecule has 0 N–H and O–H groups in total. The van der Waals surface area contributed by atoms with Crippen LogP contribution in [0.3, 0.4) is 0 Å². The number of ether oxygens (including phenoxy) is 2. The van der Waals surface area contributed by atoms with Gasteiger partial charge in [0.15, 0.2) is 11.2 Å². The minimum absolute atomic E-state index is 0.0419. The van der Waals surface area contributed by atoms with E-state index in [1.807, 2.05) is 13.8 Å². The highest BCUT2D eigenvalue weighted by Gasteiger charge is 2.62. The predicted octanol–water partition coefficient (Wildman–Crippen LogP) is 1.65. The summed E-state index contributed by atoms with van der Waals surface area (Å²) in [6.45, 7) is 3.78. The first-order valence-corrected chi connectivity index (χ1v) is 6.79. The van der Waals surface area contributed by atoms with E-state index in [2.05, 4.69) is 0 Å². The van der Waals surface area contributed by atoms with Gasteiger partial charge in [-0.1, -0.05) is 12.5 Å². The van der Waals surface area contributed by atoms with Crippen LogP contribution in [0.1, 0.15) is 33.1 Å².